The Morgan fingerprint density at radius 1 is 1.53 bits per heavy atom. The van der Waals surface area contributed by atoms with Crippen LogP contribution in [0.3, 0.4) is 0 Å². The second-order valence-corrected chi connectivity index (χ2v) is 4.64. The molecule has 1 N–H and O–H groups in total. The predicted octanol–water partition coefficient (Wildman–Crippen LogP) is 3.65. The van der Waals surface area contributed by atoms with Gasteiger partial charge in [0.25, 0.3) is 0 Å². The molecule has 0 radical (unpaired) electrons. The van der Waals surface area contributed by atoms with Crippen LogP contribution in [-0.4, -0.2) is 11.1 Å². The van der Waals surface area contributed by atoms with Crippen molar-refractivity contribution in [3.63, 3.8) is 0 Å². The minimum Gasteiger partial charge on any atom is -0.477 e. The van der Waals surface area contributed by atoms with Crippen molar-refractivity contribution in [1.82, 2.24) is 0 Å². The van der Waals surface area contributed by atoms with E-state index in [-0.39, 0.29) is 0 Å². The Morgan fingerprint density at radius 3 is 2.87 bits per heavy atom. The predicted molar refractivity (Wildman–Crippen MR) is 63.1 cm³/mol. The molecule has 0 aliphatic rings. The normalized spacial score (nSPS) is 10.8. The van der Waals surface area contributed by atoms with Crippen molar-refractivity contribution in [2.24, 2.45) is 0 Å². The molecule has 0 fully saturated rings. The third-order valence-electron chi connectivity index (χ3n) is 2.35. The van der Waals surface area contributed by atoms with E-state index < -0.39 is 5.97 Å². The van der Waals surface area contributed by atoms with Crippen molar-refractivity contribution in [3.8, 4) is 0 Å². The SMILES string of the molecule is Cc1c(C(=O)O)sc2cc(CCl)ccc12. The molecule has 1 heterocycles. The number of aryl methyl sites for hydroxylation is 1. The number of hydrogen-bond donors (Lipinski definition) is 1. The summed E-state index contributed by atoms with van der Waals surface area (Å²) >= 11 is 7.03. The Bertz CT molecular complexity index is 531. The van der Waals surface area contributed by atoms with E-state index in [0.717, 1.165) is 21.2 Å². The molecule has 0 aliphatic carbocycles. The fourth-order valence-corrected chi connectivity index (χ4v) is 2.83. The van der Waals surface area contributed by atoms with Gasteiger partial charge in [0, 0.05) is 10.6 Å². The van der Waals surface area contributed by atoms with Gasteiger partial charge >= 0.3 is 5.97 Å². The number of aromatic carboxylic acids is 1. The van der Waals surface area contributed by atoms with Crippen LogP contribution in [0, 0.1) is 6.92 Å². The summed E-state index contributed by atoms with van der Waals surface area (Å²) in [4.78, 5) is 11.3. The highest BCUT2D eigenvalue weighted by molar-refractivity contribution is 7.21. The molecule has 0 spiro atoms. The van der Waals surface area contributed by atoms with Gasteiger partial charge in [-0.15, -0.1) is 22.9 Å². The van der Waals surface area contributed by atoms with E-state index in [1.165, 1.54) is 11.3 Å². The molecule has 1 aromatic heterocycles. The van der Waals surface area contributed by atoms with Gasteiger partial charge in [0.05, 0.1) is 0 Å². The Balaban J connectivity index is 2.70. The minimum absolute atomic E-state index is 0.414. The lowest BCUT2D eigenvalue weighted by Gasteiger charge is -1.95. The number of fused-ring (bicyclic) bond motifs is 1. The summed E-state index contributed by atoms with van der Waals surface area (Å²) in [6, 6.07) is 5.82. The highest BCUT2D eigenvalue weighted by Gasteiger charge is 2.13. The van der Waals surface area contributed by atoms with Gasteiger partial charge in [-0.1, -0.05) is 12.1 Å². The Hall–Kier alpha value is -1.06. The summed E-state index contributed by atoms with van der Waals surface area (Å²) in [6.07, 6.45) is 0. The molecule has 4 heteroatoms. The van der Waals surface area contributed by atoms with E-state index in [2.05, 4.69) is 0 Å². The molecule has 0 saturated heterocycles. The number of thiophene rings is 1. The van der Waals surface area contributed by atoms with Gasteiger partial charge in [0.1, 0.15) is 4.88 Å². The lowest BCUT2D eigenvalue weighted by molar-refractivity contribution is 0.0701. The fourth-order valence-electron chi connectivity index (χ4n) is 1.56. The quantitative estimate of drug-likeness (QED) is 0.814. The number of hydrogen-bond acceptors (Lipinski definition) is 2. The van der Waals surface area contributed by atoms with Gasteiger partial charge in [0.15, 0.2) is 0 Å². The summed E-state index contributed by atoms with van der Waals surface area (Å²) in [5, 5.41) is 9.98. The second kappa shape index (κ2) is 3.83. The second-order valence-electron chi connectivity index (χ2n) is 3.33. The molecule has 0 aliphatic heterocycles. The number of carbonyl (C=O) groups is 1. The summed E-state index contributed by atoms with van der Waals surface area (Å²) in [7, 11) is 0. The van der Waals surface area contributed by atoms with E-state index >= 15 is 0 Å². The first-order valence-electron chi connectivity index (χ1n) is 4.44. The van der Waals surface area contributed by atoms with E-state index in [4.69, 9.17) is 16.7 Å². The van der Waals surface area contributed by atoms with Crippen LogP contribution in [0.5, 0.6) is 0 Å². The molecule has 1 aromatic carbocycles. The zero-order chi connectivity index (χ0) is 11.0. The summed E-state index contributed by atoms with van der Waals surface area (Å²) in [6.45, 7) is 1.84. The highest BCUT2D eigenvalue weighted by Crippen LogP contribution is 2.31. The number of rotatable bonds is 2. The first-order chi connectivity index (χ1) is 7.13. The van der Waals surface area contributed by atoms with Crippen LogP contribution in [0.25, 0.3) is 10.1 Å². The number of carboxylic acids is 1. The van der Waals surface area contributed by atoms with Gasteiger partial charge in [-0.3, -0.25) is 0 Å². The lowest BCUT2D eigenvalue weighted by Crippen LogP contribution is -1.93. The minimum atomic E-state index is -0.860. The highest BCUT2D eigenvalue weighted by atomic mass is 35.5. The standard InChI is InChI=1S/C11H9ClO2S/c1-6-8-3-2-7(5-12)4-9(8)15-10(6)11(13)14/h2-4H,5H2,1H3,(H,13,14). The summed E-state index contributed by atoms with van der Waals surface area (Å²) in [5.74, 6) is -0.406. The zero-order valence-electron chi connectivity index (χ0n) is 8.08. The van der Waals surface area contributed by atoms with Gasteiger partial charge < -0.3 is 5.11 Å². The van der Waals surface area contributed by atoms with E-state index in [1.807, 2.05) is 25.1 Å². The molecule has 0 unspecified atom stereocenters. The topological polar surface area (TPSA) is 37.3 Å². The number of benzene rings is 1. The first-order valence-corrected chi connectivity index (χ1v) is 5.80. The van der Waals surface area contributed by atoms with E-state index in [9.17, 15) is 4.79 Å². The Labute approximate surface area is 96.1 Å². The number of alkyl halides is 1. The Morgan fingerprint density at radius 2 is 2.27 bits per heavy atom. The van der Waals surface area contributed by atoms with Gasteiger partial charge in [-0.2, -0.15) is 0 Å². The monoisotopic (exact) mass is 240 g/mol. The molecule has 2 aromatic rings. The number of halogens is 1. The van der Waals surface area contributed by atoms with Crippen molar-refractivity contribution >= 4 is 39.0 Å². The third-order valence-corrected chi connectivity index (χ3v) is 3.90. The molecule has 15 heavy (non-hydrogen) atoms. The molecule has 78 valence electrons. The van der Waals surface area contributed by atoms with Crippen molar-refractivity contribution in [3.05, 3.63) is 34.2 Å². The van der Waals surface area contributed by atoms with Gasteiger partial charge in [-0.05, 0) is 29.5 Å². The maximum Gasteiger partial charge on any atom is 0.346 e. The number of carboxylic acid groups (broad SMARTS) is 1. The van der Waals surface area contributed by atoms with Crippen molar-refractivity contribution < 1.29 is 9.90 Å². The summed E-state index contributed by atoms with van der Waals surface area (Å²) < 4.78 is 0.989. The van der Waals surface area contributed by atoms with Crippen LogP contribution < -0.4 is 0 Å². The van der Waals surface area contributed by atoms with Crippen molar-refractivity contribution in [1.29, 1.82) is 0 Å². The largest absolute Gasteiger partial charge is 0.477 e. The molecule has 0 amide bonds. The van der Waals surface area contributed by atoms with Gasteiger partial charge in [0.2, 0.25) is 0 Å². The van der Waals surface area contributed by atoms with Crippen LogP contribution in [0.4, 0.5) is 0 Å². The maximum atomic E-state index is 10.9. The third kappa shape index (κ3) is 1.73. The van der Waals surface area contributed by atoms with Crippen molar-refractivity contribution in [2.45, 2.75) is 12.8 Å². The summed E-state index contributed by atoms with van der Waals surface area (Å²) in [5.41, 5.74) is 1.85. The van der Waals surface area contributed by atoms with Crippen LogP contribution in [0.15, 0.2) is 18.2 Å². The molecular formula is C11H9ClO2S. The maximum absolute atomic E-state index is 10.9. The molecule has 2 nitrogen and oxygen atoms in total. The average Bonchev–Trinajstić information content (AvgIpc) is 2.55. The first kappa shape index (κ1) is 10.5. The van der Waals surface area contributed by atoms with Gasteiger partial charge in [-0.25, -0.2) is 4.79 Å². The molecule has 0 bridgehead atoms. The fraction of sp³-hybridized carbons (Fsp3) is 0.182. The Kier molecular flexibility index (Phi) is 2.67. The van der Waals surface area contributed by atoms with Crippen LogP contribution in [0.2, 0.25) is 0 Å². The van der Waals surface area contributed by atoms with E-state index in [1.54, 1.807) is 0 Å². The molecule has 0 atom stereocenters. The van der Waals surface area contributed by atoms with E-state index in [0.29, 0.717) is 10.8 Å². The van der Waals surface area contributed by atoms with Crippen LogP contribution >= 0.6 is 22.9 Å². The lowest BCUT2D eigenvalue weighted by atomic mass is 10.1. The molecule has 2 rings (SSSR count). The smallest absolute Gasteiger partial charge is 0.346 e. The zero-order valence-corrected chi connectivity index (χ0v) is 9.65. The van der Waals surface area contributed by atoms with Crippen molar-refractivity contribution in [2.75, 3.05) is 0 Å². The molecular weight excluding hydrogens is 232 g/mol. The van der Waals surface area contributed by atoms with Crippen LogP contribution in [0.1, 0.15) is 20.8 Å². The van der Waals surface area contributed by atoms with Crippen LogP contribution in [-0.2, 0) is 5.88 Å². The molecule has 0 saturated carbocycles. The average molecular weight is 241 g/mol.